The minimum absolute atomic E-state index is 0.0527. The number of aliphatic carboxylic acids is 1. The minimum Gasteiger partial charge on any atom is -0.480 e. The molecule has 1 aliphatic rings. The van der Waals surface area contributed by atoms with Gasteiger partial charge in [-0.2, -0.15) is 0 Å². The number of nitrogens with zero attached hydrogens (tertiary/aromatic N) is 1. The Bertz CT molecular complexity index is 1020. The summed E-state index contributed by atoms with van der Waals surface area (Å²) in [5, 5.41) is 12.1. The van der Waals surface area contributed by atoms with Gasteiger partial charge in [0.05, 0.1) is 5.92 Å². The molecule has 0 saturated carbocycles. The van der Waals surface area contributed by atoms with E-state index >= 15 is 0 Å². The van der Waals surface area contributed by atoms with Crippen molar-refractivity contribution in [2.75, 3.05) is 19.7 Å². The van der Waals surface area contributed by atoms with Crippen LogP contribution in [0.25, 0.3) is 11.1 Å². The number of carbonyl (C=O) groups is 3. The van der Waals surface area contributed by atoms with Crippen molar-refractivity contribution >= 4 is 18.0 Å². The summed E-state index contributed by atoms with van der Waals surface area (Å²) in [5.74, 6) is -1.94. The van der Waals surface area contributed by atoms with Gasteiger partial charge in [0, 0.05) is 18.5 Å². The number of nitrogens with one attached hydrogen (secondary N) is 1. The van der Waals surface area contributed by atoms with Crippen molar-refractivity contribution in [2.45, 2.75) is 46.6 Å². The molecule has 7 nitrogen and oxygen atoms in total. The maximum Gasteiger partial charge on any atom is 0.407 e. The number of benzene rings is 2. The third kappa shape index (κ3) is 6.21. The van der Waals surface area contributed by atoms with Crippen LogP contribution in [0.4, 0.5) is 4.79 Å². The maximum atomic E-state index is 13.3. The van der Waals surface area contributed by atoms with Gasteiger partial charge in [-0.15, -0.1) is 0 Å². The number of rotatable bonds is 10. The Morgan fingerprint density at radius 1 is 0.943 bits per heavy atom. The number of carboxylic acids is 1. The van der Waals surface area contributed by atoms with Gasteiger partial charge in [-0.25, -0.2) is 4.79 Å². The molecule has 0 aromatic heterocycles. The number of carboxylic acid groups (broad SMARTS) is 1. The normalized spacial score (nSPS) is 14.3. The zero-order valence-electron chi connectivity index (χ0n) is 21.2. The molecule has 2 atom stereocenters. The molecular formula is C28H36N2O5. The van der Waals surface area contributed by atoms with Crippen molar-refractivity contribution in [2.24, 2.45) is 17.8 Å². The average Bonchev–Trinajstić information content (AvgIpc) is 3.10. The monoisotopic (exact) mass is 480 g/mol. The van der Waals surface area contributed by atoms with Crippen LogP contribution in [0.5, 0.6) is 0 Å². The van der Waals surface area contributed by atoms with Crippen molar-refractivity contribution in [1.82, 2.24) is 10.2 Å². The van der Waals surface area contributed by atoms with Crippen molar-refractivity contribution < 1.29 is 24.2 Å². The lowest BCUT2D eigenvalue weighted by Crippen LogP contribution is -2.50. The molecule has 0 saturated heterocycles. The molecule has 2 amide bonds. The Kier molecular flexibility index (Phi) is 8.54. The van der Waals surface area contributed by atoms with Crippen LogP contribution in [0.2, 0.25) is 0 Å². The fourth-order valence-corrected chi connectivity index (χ4v) is 5.04. The molecule has 188 valence electrons. The number of fused-ring (bicyclic) bond motifs is 3. The first kappa shape index (κ1) is 26.3. The van der Waals surface area contributed by atoms with Crippen LogP contribution in [0, 0.1) is 17.8 Å². The van der Waals surface area contributed by atoms with Gasteiger partial charge in [-0.1, -0.05) is 76.2 Å². The lowest BCUT2D eigenvalue weighted by molar-refractivity contribution is -0.148. The molecule has 0 bridgehead atoms. The van der Waals surface area contributed by atoms with Gasteiger partial charge in [-0.05, 0) is 41.0 Å². The number of ether oxygens (including phenoxy) is 1. The highest BCUT2D eigenvalue weighted by molar-refractivity contribution is 5.84. The third-order valence-corrected chi connectivity index (χ3v) is 6.45. The van der Waals surface area contributed by atoms with E-state index in [0.29, 0.717) is 6.54 Å². The first-order valence-electron chi connectivity index (χ1n) is 12.2. The number of hydrogen-bond donors (Lipinski definition) is 2. The van der Waals surface area contributed by atoms with Crippen LogP contribution in [0.15, 0.2) is 48.5 Å². The van der Waals surface area contributed by atoms with E-state index in [1.54, 1.807) is 6.92 Å². The van der Waals surface area contributed by atoms with Crippen LogP contribution in [-0.4, -0.2) is 53.7 Å². The molecule has 2 N–H and O–H groups in total. The smallest absolute Gasteiger partial charge is 0.407 e. The SMILES string of the molecule is CC(C)CN(CC(=O)O)C(=O)C(C(C)C)C(C)NC(=O)OCC1c2ccccc2-c2ccccc21. The summed E-state index contributed by atoms with van der Waals surface area (Å²) in [6, 6.07) is 15.7. The summed E-state index contributed by atoms with van der Waals surface area (Å²) >= 11 is 0. The Morgan fingerprint density at radius 3 is 1.97 bits per heavy atom. The zero-order valence-corrected chi connectivity index (χ0v) is 21.2. The molecule has 3 rings (SSSR count). The first-order chi connectivity index (χ1) is 16.6. The predicted molar refractivity (Wildman–Crippen MR) is 135 cm³/mol. The third-order valence-electron chi connectivity index (χ3n) is 6.45. The van der Waals surface area contributed by atoms with Crippen LogP contribution in [0.1, 0.15) is 51.7 Å². The van der Waals surface area contributed by atoms with Gasteiger partial charge < -0.3 is 20.1 Å². The summed E-state index contributed by atoms with van der Waals surface area (Å²) in [4.78, 5) is 38.8. The van der Waals surface area contributed by atoms with E-state index in [9.17, 15) is 19.5 Å². The standard InChI is InChI=1S/C28H36N2O5/c1-17(2)14-30(15-25(31)32)27(33)26(18(3)4)19(5)29-28(34)35-16-24-22-12-8-6-10-20(22)21-11-7-9-13-23(21)24/h6-13,17-19,24,26H,14-16H2,1-5H3,(H,29,34)(H,31,32). The zero-order chi connectivity index (χ0) is 25.7. The van der Waals surface area contributed by atoms with Crippen LogP contribution >= 0.6 is 0 Å². The van der Waals surface area contributed by atoms with E-state index in [0.717, 1.165) is 22.3 Å². The molecule has 1 aliphatic carbocycles. The topological polar surface area (TPSA) is 95.9 Å². The van der Waals surface area contributed by atoms with Crippen LogP contribution < -0.4 is 5.32 Å². The number of amides is 2. The summed E-state index contributed by atoms with van der Waals surface area (Å²) in [7, 11) is 0. The molecule has 2 unspecified atom stereocenters. The van der Waals surface area contributed by atoms with Gasteiger partial charge in [0.1, 0.15) is 13.2 Å². The molecule has 0 radical (unpaired) electrons. The Morgan fingerprint density at radius 2 is 1.49 bits per heavy atom. The fraction of sp³-hybridized carbons (Fsp3) is 0.464. The van der Waals surface area contributed by atoms with Crippen LogP contribution in [-0.2, 0) is 14.3 Å². The lowest BCUT2D eigenvalue weighted by Gasteiger charge is -2.33. The maximum absolute atomic E-state index is 13.3. The molecule has 2 aromatic carbocycles. The minimum atomic E-state index is -1.06. The van der Waals surface area contributed by atoms with Crippen molar-refractivity contribution in [3.05, 3.63) is 59.7 Å². The van der Waals surface area contributed by atoms with E-state index in [1.165, 1.54) is 4.90 Å². The van der Waals surface area contributed by atoms with Gasteiger partial charge in [-0.3, -0.25) is 9.59 Å². The summed E-state index contributed by atoms with van der Waals surface area (Å²) in [6.45, 7) is 9.59. The fourth-order valence-electron chi connectivity index (χ4n) is 5.04. The van der Waals surface area contributed by atoms with E-state index in [2.05, 4.69) is 29.6 Å². The average molecular weight is 481 g/mol. The Hall–Kier alpha value is -3.35. The van der Waals surface area contributed by atoms with Gasteiger partial charge in [0.2, 0.25) is 5.91 Å². The number of carbonyl (C=O) groups excluding carboxylic acids is 2. The van der Waals surface area contributed by atoms with Gasteiger partial charge in [0.15, 0.2) is 0 Å². The highest BCUT2D eigenvalue weighted by Crippen LogP contribution is 2.44. The van der Waals surface area contributed by atoms with Crippen molar-refractivity contribution in [3.8, 4) is 11.1 Å². The van der Waals surface area contributed by atoms with Crippen LogP contribution in [0.3, 0.4) is 0 Å². The van der Waals surface area contributed by atoms with Gasteiger partial charge >= 0.3 is 12.1 Å². The lowest BCUT2D eigenvalue weighted by atomic mass is 9.87. The molecule has 2 aromatic rings. The van der Waals surface area contributed by atoms with E-state index < -0.39 is 24.0 Å². The number of alkyl carbamates (subject to hydrolysis) is 1. The summed E-state index contributed by atoms with van der Waals surface area (Å²) in [5.41, 5.74) is 4.56. The van der Waals surface area contributed by atoms with Crippen molar-refractivity contribution in [1.29, 1.82) is 0 Å². The molecule has 0 heterocycles. The second kappa shape index (κ2) is 11.4. The van der Waals surface area contributed by atoms with Crippen molar-refractivity contribution in [3.63, 3.8) is 0 Å². The highest BCUT2D eigenvalue weighted by atomic mass is 16.5. The first-order valence-corrected chi connectivity index (χ1v) is 12.2. The Balaban J connectivity index is 1.67. The molecule has 0 aliphatic heterocycles. The number of hydrogen-bond acceptors (Lipinski definition) is 4. The second-order valence-electron chi connectivity index (χ2n) is 10.0. The molecule has 7 heteroatoms. The molecule has 0 spiro atoms. The van der Waals surface area contributed by atoms with E-state index in [4.69, 9.17) is 4.74 Å². The predicted octanol–water partition coefficient (Wildman–Crippen LogP) is 4.76. The quantitative estimate of drug-likeness (QED) is 0.511. The highest BCUT2D eigenvalue weighted by Gasteiger charge is 2.34. The molecular weight excluding hydrogens is 444 g/mol. The summed E-state index contributed by atoms with van der Waals surface area (Å²) < 4.78 is 5.64. The van der Waals surface area contributed by atoms with E-state index in [-0.39, 0.29) is 36.8 Å². The second-order valence-corrected chi connectivity index (χ2v) is 10.0. The summed E-state index contributed by atoms with van der Waals surface area (Å²) in [6.07, 6.45) is -0.591. The molecule has 0 fully saturated rings. The largest absolute Gasteiger partial charge is 0.480 e. The van der Waals surface area contributed by atoms with E-state index in [1.807, 2.05) is 52.0 Å². The van der Waals surface area contributed by atoms with Gasteiger partial charge in [0.25, 0.3) is 0 Å². The Labute approximate surface area is 207 Å². The molecule has 35 heavy (non-hydrogen) atoms.